The maximum atomic E-state index is 13.3. The minimum absolute atomic E-state index is 0.297. The van der Waals surface area contributed by atoms with E-state index in [4.69, 9.17) is 11.6 Å². The van der Waals surface area contributed by atoms with Gasteiger partial charge in [-0.25, -0.2) is 14.9 Å². The first-order valence-electron chi connectivity index (χ1n) is 11.4. The van der Waals surface area contributed by atoms with Gasteiger partial charge in [-0.2, -0.15) is 0 Å². The van der Waals surface area contributed by atoms with Gasteiger partial charge in [-0.3, -0.25) is 10.0 Å². The van der Waals surface area contributed by atoms with Gasteiger partial charge in [-0.05, 0) is 59.7 Å². The van der Waals surface area contributed by atoms with Crippen LogP contribution in [0.25, 0.3) is 0 Å². The zero-order valence-electron chi connectivity index (χ0n) is 19.2. The van der Waals surface area contributed by atoms with Gasteiger partial charge in [0, 0.05) is 35.4 Å². The molecular formula is C28H23ClN4O3. The smallest absolute Gasteiger partial charge is 0.308 e. The number of anilines is 1. The molecule has 2 aliphatic heterocycles. The van der Waals surface area contributed by atoms with Crippen LogP contribution in [-0.4, -0.2) is 38.9 Å². The predicted octanol–water partition coefficient (Wildman–Crippen LogP) is 5.42. The molecule has 0 spiro atoms. The summed E-state index contributed by atoms with van der Waals surface area (Å²) < 4.78 is 0. The molecule has 2 aromatic rings. The van der Waals surface area contributed by atoms with E-state index in [1.807, 2.05) is 30.3 Å². The number of hydrogen-bond donors (Lipinski definition) is 2. The molecule has 1 unspecified atom stereocenters. The molecule has 1 aliphatic carbocycles. The molecule has 1 atom stereocenters. The van der Waals surface area contributed by atoms with E-state index in [1.165, 1.54) is 4.90 Å². The first kappa shape index (κ1) is 23.5. The van der Waals surface area contributed by atoms with E-state index in [1.54, 1.807) is 66.9 Å². The fourth-order valence-electron chi connectivity index (χ4n) is 4.26. The highest BCUT2D eigenvalue weighted by Gasteiger charge is 2.34. The van der Waals surface area contributed by atoms with Crippen molar-refractivity contribution in [2.75, 3.05) is 5.32 Å². The standard InChI is InChI=1S/C28H23ClN4O3/c29-22-10-14-24(15-11-22)31-28(35)32-18-21-6-2-1-5-20(21)17-26(32)27(34)30-23-12-8-19(9-13-23)25-7-3-4-16-33(25)36/h1-16,26,36H,17-18H2,(H,31,35). The molecule has 7 nitrogen and oxygen atoms in total. The number of aliphatic imine (C=N–C) groups is 1. The Morgan fingerprint density at radius 1 is 0.944 bits per heavy atom. The van der Waals surface area contributed by atoms with E-state index in [2.05, 4.69) is 10.3 Å². The molecule has 5 rings (SSSR count). The Hall–Kier alpha value is -4.20. The third kappa shape index (κ3) is 5.07. The van der Waals surface area contributed by atoms with Crippen molar-refractivity contribution in [3.05, 3.63) is 125 Å². The van der Waals surface area contributed by atoms with E-state index >= 15 is 0 Å². The van der Waals surface area contributed by atoms with Crippen LogP contribution in [0.1, 0.15) is 11.1 Å². The summed E-state index contributed by atoms with van der Waals surface area (Å²) in [5, 5.41) is 14.5. The molecule has 3 aliphatic rings. The summed E-state index contributed by atoms with van der Waals surface area (Å²) in [6, 6.07) is 13.5. The van der Waals surface area contributed by atoms with Crippen LogP contribution in [0.2, 0.25) is 5.02 Å². The average molecular weight is 499 g/mol. The summed E-state index contributed by atoms with van der Waals surface area (Å²) in [5.41, 5.74) is 4.47. The zero-order chi connectivity index (χ0) is 25.1. The van der Waals surface area contributed by atoms with Crippen molar-refractivity contribution in [2.45, 2.75) is 19.0 Å². The Morgan fingerprint density at radius 2 is 1.67 bits per heavy atom. The molecule has 0 fully saturated rings. The molecule has 2 aromatic carbocycles. The summed E-state index contributed by atoms with van der Waals surface area (Å²) in [6.45, 7) is 0.297. The number of nitrogens with one attached hydrogen (secondary N) is 1. The van der Waals surface area contributed by atoms with E-state index < -0.39 is 11.9 Å². The Kier molecular flexibility index (Phi) is 6.66. The van der Waals surface area contributed by atoms with E-state index in [0.717, 1.165) is 21.8 Å². The quantitative estimate of drug-likeness (QED) is 0.579. The van der Waals surface area contributed by atoms with Gasteiger partial charge in [0.2, 0.25) is 0 Å². The molecule has 0 radical (unpaired) electrons. The number of hydrogen-bond acceptors (Lipinski definition) is 4. The van der Waals surface area contributed by atoms with Gasteiger partial charge >= 0.3 is 6.03 Å². The third-order valence-electron chi connectivity index (χ3n) is 6.13. The third-order valence-corrected chi connectivity index (χ3v) is 6.38. The lowest BCUT2D eigenvalue weighted by molar-refractivity contribution is -0.122. The lowest BCUT2D eigenvalue weighted by Crippen LogP contribution is -2.50. The highest BCUT2D eigenvalue weighted by Crippen LogP contribution is 2.26. The van der Waals surface area contributed by atoms with Gasteiger partial charge in [0.15, 0.2) is 0 Å². The fraction of sp³-hybridized carbons (Fsp3) is 0.107. The number of carbonyl (C=O) groups excluding carboxylic acids is 2. The number of urea groups is 1. The highest BCUT2D eigenvalue weighted by molar-refractivity contribution is 6.30. The molecule has 0 aromatic heterocycles. The van der Waals surface area contributed by atoms with Crippen LogP contribution in [0.15, 0.2) is 114 Å². The van der Waals surface area contributed by atoms with Crippen LogP contribution in [0.5, 0.6) is 0 Å². The summed E-state index contributed by atoms with van der Waals surface area (Å²) >= 11 is 5.95. The number of benzene rings is 2. The van der Waals surface area contributed by atoms with E-state index in [9.17, 15) is 14.8 Å². The van der Waals surface area contributed by atoms with E-state index in [-0.39, 0.29) is 6.03 Å². The van der Waals surface area contributed by atoms with Crippen LogP contribution in [0.4, 0.5) is 10.5 Å². The average Bonchev–Trinajstić information content (AvgIpc) is 2.90. The monoisotopic (exact) mass is 498 g/mol. The summed E-state index contributed by atoms with van der Waals surface area (Å²) in [5.74, 6) is -0.402. The van der Waals surface area contributed by atoms with Gasteiger partial charge in [0.1, 0.15) is 6.04 Å². The molecule has 0 bridgehead atoms. The van der Waals surface area contributed by atoms with Crippen molar-refractivity contribution >= 4 is 34.9 Å². The minimum Gasteiger partial charge on any atom is -0.308 e. The fourth-order valence-corrected chi connectivity index (χ4v) is 4.38. The van der Waals surface area contributed by atoms with Crippen molar-refractivity contribution in [3.8, 4) is 0 Å². The van der Waals surface area contributed by atoms with Gasteiger partial charge < -0.3 is 10.2 Å². The maximum absolute atomic E-state index is 13.3. The molecule has 0 saturated carbocycles. The summed E-state index contributed by atoms with van der Waals surface area (Å²) in [6.07, 6.45) is 14.3. The first-order valence-corrected chi connectivity index (χ1v) is 11.8. The molecule has 2 N–H and O–H groups in total. The summed E-state index contributed by atoms with van der Waals surface area (Å²) in [4.78, 5) is 32.4. The Labute approximate surface area is 213 Å². The largest absolute Gasteiger partial charge is 0.322 e. The van der Waals surface area contributed by atoms with Crippen molar-refractivity contribution in [1.29, 1.82) is 0 Å². The second-order valence-electron chi connectivity index (χ2n) is 8.48. The number of amides is 3. The molecular weight excluding hydrogens is 476 g/mol. The summed E-state index contributed by atoms with van der Waals surface area (Å²) in [7, 11) is 0. The molecule has 36 heavy (non-hydrogen) atoms. The molecule has 2 heterocycles. The number of fused-ring (bicyclic) bond motifs is 1. The Balaban J connectivity index is 1.38. The number of hydroxylamine groups is 2. The van der Waals surface area contributed by atoms with Crippen LogP contribution >= 0.6 is 11.6 Å². The van der Waals surface area contributed by atoms with Gasteiger partial charge in [-0.1, -0.05) is 54.1 Å². The van der Waals surface area contributed by atoms with Crippen molar-refractivity contribution < 1.29 is 14.8 Å². The molecule has 180 valence electrons. The Bertz CT molecular complexity index is 1370. The number of nitrogens with zero attached hydrogens (tertiary/aromatic N) is 3. The first-order chi connectivity index (χ1) is 17.5. The van der Waals surface area contributed by atoms with Crippen molar-refractivity contribution in [2.24, 2.45) is 4.99 Å². The molecule has 3 amide bonds. The molecule has 0 saturated heterocycles. The van der Waals surface area contributed by atoms with Crippen molar-refractivity contribution in [3.63, 3.8) is 0 Å². The lowest BCUT2D eigenvalue weighted by Gasteiger charge is -2.35. The highest BCUT2D eigenvalue weighted by atomic mass is 35.5. The van der Waals surface area contributed by atoms with E-state index in [0.29, 0.717) is 35.1 Å². The van der Waals surface area contributed by atoms with Crippen molar-refractivity contribution in [1.82, 2.24) is 9.96 Å². The lowest BCUT2D eigenvalue weighted by atomic mass is 9.93. The topological polar surface area (TPSA) is 85.2 Å². The van der Waals surface area contributed by atoms with Crippen LogP contribution in [0, 0.1) is 0 Å². The second-order valence-corrected chi connectivity index (χ2v) is 8.92. The van der Waals surface area contributed by atoms with Crippen LogP contribution < -0.4 is 5.32 Å². The van der Waals surface area contributed by atoms with Gasteiger partial charge in [0.05, 0.1) is 11.4 Å². The number of allylic oxidation sites excluding steroid dienone is 8. The minimum atomic E-state index is -0.749. The number of rotatable bonds is 2. The number of halogens is 1. The molecule has 8 heteroatoms. The predicted molar refractivity (Wildman–Crippen MR) is 140 cm³/mol. The van der Waals surface area contributed by atoms with Crippen LogP contribution in [-0.2, 0) is 17.8 Å². The van der Waals surface area contributed by atoms with Gasteiger partial charge in [-0.15, -0.1) is 0 Å². The SMILES string of the molecule is O=C(N=C1C=CC(=C2C=CC=CN2O)C=C1)C1Cc2ccccc2CN1C(=O)Nc1ccc(Cl)cc1. The number of carbonyl (C=O) groups is 2. The zero-order valence-corrected chi connectivity index (χ0v) is 20.0. The normalized spacial score (nSPS) is 18.4. The maximum Gasteiger partial charge on any atom is 0.322 e. The Morgan fingerprint density at radius 3 is 2.39 bits per heavy atom. The van der Waals surface area contributed by atoms with Crippen LogP contribution in [0.3, 0.4) is 0 Å². The second kappa shape index (κ2) is 10.2. The van der Waals surface area contributed by atoms with Gasteiger partial charge in [0.25, 0.3) is 5.91 Å².